The first-order valence-electron chi connectivity index (χ1n) is 11.9. The lowest BCUT2D eigenvalue weighted by molar-refractivity contribution is -0.131. The summed E-state index contributed by atoms with van der Waals surface area (Å²) in [6, 6.07) is 4.47. The summed E-state index contributed by atoms with van der Waals surface area (Å²) in [5.74, 6) is 1.74. The van der Waals surface area contributed by atoms with Gasteiger partial charge in [0.2, 0.25) is 0 Å². The van der Waals surface area contributed by atoms with Crippen molar-refractivity contribution in [2.45, 2.75) is 88.6 Å². The molecule has 2 aliphatic carbocycles. The van der Waals surface area contributed by atoms with E-state index in [1.54, 1.807) is 18.1 Å². The van der Waals surface area contributed by atoms with Gasteiger partial charge in [-0.25, -0.2) is 4.99 Å². The summed E-state index contributed by atoms with van der Waals surface area (Å²) < 4.78 is 0. The third-order valence-electron chi connectivity index (χ3n) is 7.51. The van der Waals surface area contributed by atoms with Crippen LogP contribution in [0.2, 0.25) is 0 Å². The molecule has 2 saturated carbocycles. The number of guanidine groups is 1. The highest BCUT2D eigenvalue weighted by Gasteiger charge is 2.48. The number of pyridine rings is 1. The first-order chi connectivity index (χ1) is 14.6. The number of rotatable bonds is 7. The van der Waals surface area contributed by atoms with Crippen LogP contribution in [0.3, 0.4) is 0 Å². The number of hydrogen-bond donors (Lipinski definition) is 2. The number of likely N-dealkylation sites (N-methyl/N-ethyl adjacent to an activating group) is 1. The van der Waals surface area contributed by atoms with Crippen molar-refractivity contribution >= 4 is 17.6 Å². The quantitative estimate of drug-likeness (QED) is 0.699. The highest BCUT2D eigenvalue weighted by Crippen LogP contribution is 2.40. The van der Waals surface area contributed by atoms with E-state index >= 15 is 0 Å². The minimum Gasteiger partial charge on any atom is -0.381 e. The molecule has 164 valence electrons. The fourth-order valence-corrected chi connectivity index (χ4v) is 5.84. The largest absolute Gasteiger partial charge is 0.381 e. The lowest BCUT2D eigenvalue weighted by Crippen LogP contribution is -2.44. The number of nitrogens with one attached hydrogen (secondary N) is 1. The molecule has 6 heteroatoms. The molecular weight excluding hydrogens is 374 g/mol. The van der Waals surface area contributed by atoms with Gasteiger partial charge in [0.15, 0.2) is 5.96 Å². The zero-order valence-electron chi connectivity index (χ0n) is 18.4. The third kappa shape index (κ3) is 4.79. The molecule has 2 fully saturated rings. The molecule has 3 aliphatic rings. The van der Waals surface area contributed by atoms with Crippen molar-refractivity contribution in [3.63, 3.8) is 0 Å². The number of anilines is 1. The van der Waals surface area contributed by atoms with Gasteiger partial charge in [0.25, 0.3) is 5.91 Å². The number of aromatic nitrogens is 1. The molecule has 3 atom stereocenters. The molecule has 1 amide bonds. The molecule has 6 nitrogen and oxygen atoms in total. The van der Waals surface area contributed by atoms with E-state index < -0.39 is 5.54 Å². The van der Waals surface area contributed by atoms with E-state index in [0.29, 0.717) is 17.9 Å². The van der Waals surface area contributed by atoms with E-state index in [9.17, 15) is 4.79 Å². The van der Waals surface area contributed by atoms with E-state index in [1.807, 2.05) is 12.3 Å². The average molecular weight is 412 g/mol. The average Bonchev–Trinajstić information content (AvgIpc) is 2.98. The first kappa shape index (κ1) is 21.1. The number of amides is 1. The fraction of sp³-hybridized carbons (Fsp3) is 0.708. The van der Waals surface area contributed by atoms with Crippen molar-refractivity contribution in [1.82, 2.24) is 9.88 Å². The summed E-state index contributed by atoms with van der Waals surface area (Å²) in [5.41, 5.74) is 6.56. The maximum Gasteiger partial charge on any atom is 0.257 e. The summed E-state index contributed by atoms with van der Waals surface area (Å²) in [4.78, 5) is 23.9. The van der Waals surface area contributed by atoms with Crippen molar-refractivity contribution in [3.8, 4) is 0 Å². The van der Waals surface area contributed by atoms with Gasteiger partial charge < -0.3 is 11.1 Å². The van der Waals surface area contributed by atoms with Crippen LogP contribution in [0.15, 0.2) is 29.5 Å². The highest BCUT2D eigenvalue weighted by atomic mass is 16.2. The van der Waals surface area contributed by atoms with Gasteiger partial charge in [-0.3, -0.25) is 14.7 Å². The van der Waals surface area contributed by atoms with E-state index in [1.165, 1.54) is 51.4 Å². The van der Waals surface area contributed by atoms with Crippen molar-refractivity contribution < 1.29 is 4.79 Å². The van der Waals surface area contributed by atoms with Crippen LogP contribution in [0.25, 0.3) is 0 Å². The fourth-order valence-electron chi connectivity index (χ4n) is 5.84. The maximum absolute atomic E-state index is 13.3. The highest BCUT2D eigenvalue weighted by molar-refractivity contribution is 6.06. The van der Waals surface area contributed by atoms with Crippen LogP contribution in [-0.4, -0.2) is 40.4 Å². The standard InChI is InChI=1S/C24H37N5O/c1-29-22(30)24(28-23(29)25,13-12-18-7-3-2-4-8-18)16-19-9-5-10-20(15-19)27-21-11-6-14-26-17-21/h6,11,14,17-20,27H,2-5,7-10,12-13,15-16H2,1H3,(H2,25,28)/t19-,20+,24+/m0/s1. The Morgan fingerprint density at radius 2 is 1.97 bits per heavy atom. The Kier molecular flexibility index (Phi) is 6.59. The molecule has 0 bridgehead atoms. The Morgan fingerprint density at radius 3 is 2.67 bits per heavy atom. The smallest absolute Gasteiger partial charge is 0.257 e. The molecular formula is C24H37N5O. The molecule has 2 heterocycles. The van der Waals surface area contributed by atoms with Gasteiger partial charge in [0.05, 0.1) is 5.69 Å². The second-order valence-electron chi connectivity index (χ2n) is 9.73. The van der Waals surface area contributed by atoms with Gasteiger partial charge in [-0.15, -0.1) is 0 Å². The summed E-state index contributed by atoms with van der Waals surface area (Å²) in [6.07, 6.45) is 17.7. The van der Waals surface area contributed by atoms with Crippen LogP contribution in [0.5, 0.6) is 0 Å². The Morgan fingerprint density at radius 1 is 1.17 bits per heavy atom. The van der Waals surface area contributed by atoms with Crippen LogP contribution < -0.4 is 11.1 Å². The van der Waals surface area contributed by atoms with Crippen LogP contribution in [0.1, 0.15) is 77.0 Å². The van der Waals surface area contributed by atoms with Crippen LogP contribution in [-0.2, 0) is 4.79 Å². The normalized spacial score (nSPS) is 30.4. The number of nitrogens with two attached hydrogens (primary N) is 1. The maximum atomic E-state index is 13.3. The predicted octanol–water partition coefficient (Wildman–Crippen LogP) is 4.33. The van der Waals surface area contributed by atoms with Gasteiger partial charge in [-0.1, -0.05) is 44.9 Å². The van der Waals surface area contributed by atoms with E-state index in [-0.39, 0.29) is 5.91 Å². The molecule has 4 rings (SSSR count). The molecule has 0 radical (unpaired) electrons. The molecule has 0 unspecified atom stereocenters. The minimum atomic E-state index is -0.642. The van der Waals surface area contributed by atoms with Gasteiger partial charge in [-0.2, -0.15) is 0 Å². The van der Waals surface area contributed by atoms with Crippen molar-refractivity contribution in [3.05, 3.63) is 24.5 Å². The minimum absolute atomic E-state index is 0.109. The molecule has 3 N–H and O–H groups in total. The summed E-state index contributed by atoms with van der Waals surface area (Å²) in [7, 11) is 1.77. The number of aliphatic imine (C=N–C) groups is 1. The number of carbonyl (C=O) groups excluding carboxylic acids is 1. The Labute approximate surface area is 180 Å². The van der Waals surface area contributed by atoms with E-state index in [2.05, 4.69) is 16.4 Å². The Bertz CT molecular complexity index is 745. The van der Waals surface area contributed by atoms with E-state index in [4.69, 9.17) is 10.7 Å². The van der Waals surface area contributed by atoms with Gasteiger partial charge in [0, 0.05) is 25.5 Å². The van der Waals surface area contributed by atoms with Crippen LogP contribution >= 0.6 is 0 Å². The Hall–Kier alpha value is -2.11. The molecule has 0 aromatic carbocycles. The summed E-state index contributed by atoms with van der Waals surface area (Å²) >= 11 is 0. The molecule has 0 saturated heterocycles. The summed E-state index contributed by atoms with van der Waals surface area (Å²) in [5, 5.41) is 3.64. The molecule has 1 aromatic rings. The lowest BCUT2D eigenvalue weighted by atomic mass is 9.74. The van der Waals surface area contributed by atoms with Gasteiger partial charge in [0.1, 0.15) is 5.54 Å². The second kappa shape index (κ2) is 9.36. The molecule has 1 aliphatic heterocycles. The van der Waals surface area contributed by atoms with Crippen molar-refractivity contribution in [1.29, 1.82) is 0 Å². The SMILES string of the molecule is CN1C(=O)[C@@](CCC2CCCCC2)(C[C@H]2CCC[C@@H](Nc3cccnc3)C2)N=C1N. The van der Waals surface area contributed by atoms with E-state index in [0.717, 1.165) is 37.3 Å². The van der Waals surface area contributed by atoms with Gasteiger partial charge in [-0.05, 0) is 56.1 Å². The van der Waals surface area contributed by atoms with Gasteiger partial charge >= 0.3 is 0 Å². The van der Waals surface area contributed by atoms with Crippen LogP contribution in [0, 0.1) is 11.8 Å². The molecule has 1 aromatic heterocycles. The predicted molar refractivity (Wildman–Crippen MR) is 121 cm³/mol. The van der Waals surface area contributed by atoms with Crippen molar-refractivity contribution in [2.75, 3.05) is 12.4 Å². The number of hydrogen-bond acceptors (Lipinski definition) is 5. The number of carbonyl (C=O) groups is 1. The molecule has 30 heavy (non-hydrogen) atoms. The zero-order valence-corrected chi connectivity index (χ0v) is 18.4. The van der Waals surface area contributed by atoms with Crippen molar-refractivity contribution in [2.24, 2.45) is 22.6 Å². The topological polar surface area (TPSA) is 83.6 Å². The lowest BCUT2D eigenvalue weighted by Gasteiger charge is -2.36. The van der Waals surface area contributed by atoms with Crippen LogP contribution in [0.4, 0.5) is 5.69 Å². The third-order valence-corrected chi connectivity index (χ3v) is 7.51. The zero-order chi connectivity index (χ0) is 21.0. The summed E-state index contributed by atoms with van der Waals surface area (Å²) in [6.45, 7) is 0. The second-order valence-corrected chi connectivity index (χ2v) is 9.73. The monoisotopic (exact) mass is 411 g/mol. The molecule has 0 spiro atoms. The first-order valence-corrected chi connectivity index (χ1v) is 11.9. The Balaban J connectivity index is 1.42. The number of nitrogens with zero attached hydrogens (tertiary/aromatic N) is 3.